The minimum atomic E-state index is 0.260. The molecule has 1 saturated heterocycles. The van der Waals surface area contributed by atoms with Crippen molar-refractivity contribution in [3.05, 3.63) is 11.8 Å². The van der Waals surface area contributed by atoms with Crippen LogP contribution in [0.4, 0.5) is 5.82 Å². The average Bonchev–Trinajstić information content (AvgIpc) is 2.83. The molecule has 1 fully saturated rings. The van der Waals surface area contributed by atoms with Crippen LogP contribution in [0.25, 0.3) is 0 Å². The first-order chi connectivity index (χ1) is 8.86. The first-order valence-corrected chi connectivity index (χ1v) is 6.87. The summed E-state index contributed by atoms with van der Waals surface area (Å²) in [4.78, 5) is 0. The molecule has 5 nitrogen and oxygen atoms in total. The Morgan fingerprint density at radius 2 is 2.28 bits per heavy atom. The van der Waals surface area contributed by atoms with Gasteiger partial charge >= 0.3 is 0 Å². The lowest BCUT2D eigenvalue weighted by Gasteiger charge is -2.24. The molecule has 18 heavy (non-hydrogen) atoms. The van der Waals surface area contributed by atoms with Crippen molar-refractivity contribution in [2.24, 2.45) is 5.92 Å². The highest BCUT2D eigenvalue weighted by Gasteiger charge is 2.24. The van der Waals surface area contributed by atoms with Gasteiger partial charge < -0.3 is 15.2 Å². The molecule has 0 aromatic carbocycles. The van der Waals surface area contributed by atoms with Crippen LogP contribution < -0.4 is 5.32 Å². The molecule has 0 spiro atoms. The maximum Gasteiger partial charge on any atom is 0.124 e. The van der Waals surface area contributed by atoms with Crippen molar-refractivity contribution < 1.29 is 9.84 Å². The third-order valence-electron chi connectivity index (χ3n) is 3.98. The summed E-state index contributed by atoms with van der Waals surface area (Å²) >= 11 is 0. The zero-order chi connectivity index (χ0) is 12.4. The van der Waals surface area contributed by atoms with Crippen molar-refractivity contribution in [3.63, 3.8) is 0 Å². The number of hydrogen-bond acceptors (Lipinski definition) is 4. The van der Waals surface area contributed by atoms with Crippen molar-refractivity contribution in [2.45, 2.75) is 31.7 Å². The monoisotopic (exact) mass is 251 g/mol. The van der Waals surface area contributed by atoms with Crippen LogP contribution in [0.5, 0.6) is 0 Å². The van der Waals surface area contributed by atoms with E-state index in [1.165, 1.54) is 5.69 Å². The Morgan fingerprint density at radius 3 is 3.06 bits per heavy atom. The Hall–Kier alpha value is -1.07. The van der Waals surface area contributed by atoms with Crippen molar-refractivity contribution in [2.75, 3.05) is 31.7 Å². The fourth-order valence-electron chi connectivity index (χ4n) is 2.84. The van der Waals surface area contributed by atoms with E-state index < -0.39 is 0 Å². The Morgan fingerprint density at radius 1 is 1.44 bits per heavy atom. The van der Waals surface area contributed by atoms with Crippen LogP contribution in [0.15, 0.2) is 6.07 Å². The van der Waals surface area contributed by atoms with Gasteiger partial charge in [0.2, 0.25) is 0 Å². The number of aromatic nitrogens is 2. The van der Waals surface area contributed by atoms with E-state index >= 15 is 0 Å². The molecule has 2 aliphatic rings. The Balaban J connectivity index is 1.72. The zero-order valence-corrected chi connectivity index (χ0v) is 10.6. The number of aliphatic hydroxyl groups excluding tert-OH is 1. The molecular weight excluding hydrogens is 230 g/mol. The van der Waals surface area contributed by atoms with E-state index in [0.29, 0.717) is 11.8 Å². The van der Waals surface area contributed by atoms with E-state index in [9.17, 15) is 0 Å². The van der Waals surface area contributed by atoms with Gasteiger partial charge in [-0.1, -0.05) is 0 Å². The van der Waals surface area contributed by atoms with Crippen molar-refractivity contribution in [1.29, 1.82) is 0 Å². The van der Waals surface area contributed by atoms with Crippen LogP contribution in [0.2, 0.25) is 0 Å². The van der Waals surface area contributed by atoms with E-state index in [2.05, 4.69) is 16.1 Å². The fourth-order valence-corrected chi connectivity index (χ4v) is 2.84. The van der Waals surface area contributed by atoms with Crippen LogP contribution in [-0.2, 0) is 11.3 Å². The summed E-state index contributed by atoms with van der Waals surface area (Å²) in [5, 5.41) is 17.1. The highest BCUT2D eigenvalue weighted by molar-refractivity contribution is 5.39. The first-order valence-electron chi connectivity index (χ1n) is 6.87. The summed E-state index contributed by atoms with van der Waals surface area (Å²) in [6, 6.07) is 2.19. The predicted octanol–water partition coefficient (Wildman–Crippen LogP) is 1.20. The van der Waals surface area contributed by atoms with Crippen LogP contribution in [0.1, 0.15) is 30.9 Å². The summed E-state index contributed by atoms with van der Waals surface area (Å²) in [5.74, 6) is 2.17. The molecule has 0 bridgehead atoms. The molecule has 2 N–H and O–H groups in total. The molecule has 0 saturated carbocycles. The van der Waals surface area contributed by atoms with Gasteiger partial charge in [0.05, 0.1) is 5.69 Å². The number of hydrogen-bond donors (Lipinski definition) is 2. The third-order valence-corrected chi connectivity index (χ3v) is 3.98. The largest absolute Gasteiger partial charge is 0.396 e. The van der Waals surface area contributed by atoms with Crippen LogP contribution in [0, 0.1) is 5.92 Å². The number of anilines is 1. The van der Waals surface area contributed by atoms with Gasteiger partial charge in [0.25, 0.3) is 0 Å². The summed E-state index contributed by atoms with van der Waals surface area (Å²) < 4.78 is 7.46. The molecule has 3 heterocycles. The highest BCUT2D eigenvalue weighted by Crippen LogP contribution is 2.29. The minimum absolute atomic E-state index is 0.260. The Kier molecular flexibility index (Phi) is 3.52. The van der Waals surface area contributed by atoms with Gasteiger partial charge in [0.1, 0.15) is 5.82 Å². The first kappa shape index (κ1) is 12.0. The molecule has 0 radical (unpaired) electrons. The van der Waals surface area contributed by atoms with Crippen molar-refractivity contribution in [3.8, 4) is 0 Å². The van der Waals surface area contributed by atoms with Crippen molar-refractivity contribution in [1.82, 2.24) is 9.78 Å². The topological polar surface area (TPSA) is 59.3 Å². The average molecular weight is 251 g/mol. The molecule has 1 atom stereocenters. The number of aliphatic hydroxyl groups is 1. The fraction of sp³-hybridized carbons (Fsp3) is 0.769. The number of ether oxygens (including phenoxy) is 1. The normalized spacial score (nSPS) is 24.6. The number of nitrogens with one attached hydrogen (secondary N) is 1. The van der Waals surface area contributed by atoms with E-state index in [0.717, 1.165) is 51.4 Å². The molecule has 100 valence electrons. The lowest BCUT2D eigenvalue weighted by Crippen LogP contribution is -2.28. The van der Waals surface area contributed by atoms with Gasteiger partial charge in [-0.3, -0.25) is 0 Å². The summed E-state index contributed by atoms with van der Waals surface area (Å²) in [7, 11) is 0. The molecule has 1 unspecified atom stereocenters. The van der Waals surface area contributed by atoms with E-state index in [-0.39, 0.29) is 6.61 Å². The van der Waals surface area contributed by atoms with E-state index in [1.807, 2.05) is 0 Å². The summed E-state index contributed by atoms with van der Waals surface area (Å²) in [6.07, 6.45) is 3.01. The second-order valence-electron chi connectivity index (χ2n) is 5.28. The van der Waals surface area contributed by atoms with Crippen molar-refractivity contribution >= 4 is 5.82 Å². The molecular formula is C13H21N3O2. The molecule has 1 aromatic rings. The molecule has 5 heteroatoms. The lowest BCUT2D eigenvalue weighted by atomic mass is 9.97. The molecule has 2 aliphatic heterocycles. The van der Waals surface area contributed by atoms with Gasteiger partial charge in [-0.25, -0.2) is 4.68 Å². The van der Waals surface area contributed by atoms with E-state index in [1.54, 1.807) is 0 Å². The minimum Gasteiger partial charge on any atom is -0.396 e. The smallest absolute Gasteiger partial charge is 0.124 e. The van der Waals surface area contributed by atoms with Gasteiger partial charge in [-0.15, -0.1) is 0 Å². The highest BCUT2D eigenvalue weighted by atomic mass is 16.5. The standard InChI is InChI=1S/C13H21N3O2/c17-4-1-10-8-14-13-7-12(15-16(13)9-10)11-2-5-18-6-3-11/h7,10-11,14,17H,1-6,8-9H2. The van der Waals surface area contributed by atoms with Gasteiger partial charge in [-0.05, 0) is 25.2 Å². The Bertz CT molecular complexity index is 399. The zero-order valence-electron chi connectivity index (χ0n) is 10.6. The van der Waals surface area contributed by atoms with Gasteiger partial charge in [-0.2, -0.15) is 5.10 Å². The maximum atomic E-state index is 9.00. The molecule has 1 aromatic heterocycles. The second-order valence-corrected chi connectivity index (χ2v) is 5.28. The van der Waals surface area contributed by atoms with Gasteiger partial charge in [0, 0.05) is 44.9 Å². The molecule has 0 aliphatic carbocycles. The Labute approximate surface area is 107 Å². The quantitative estimate of drug-likeness (QED) is 0.847. The lowest BCUT2D eigenvalue weighted by molar-refractivity contribution is 0.0843. The predicted molar refractivity (Wildman–Crippen MR) is 68.7 cm³/mol. The number of nitrogens with zero attached hydrogens (tertiary/aromatic N) is 2. The maximum absolute atomic E-state index is 9.00. The SMILES string of the molecule is OCCC1CNc2cc(C3CCOCC3)nn2C1. The summed E-state index contributed by atoms with van der Waals surface area (Å²) in [6.45, 7) is 3.84. The van der Waals surface area contributed by atoms with Crippen LogP contribution >= 0.6 is 0 Å². The third kappa shape index (κ3) is 2.37. The van der Waals surface area contributed by atoms with E-state index in [4.69, 9.17) is 14.9 Å². The van der Waals surface area contributed by atoms with Crippen LogP contribution in [0.3, 0.4) is 0 Å². The van der Waals surface area contributed by atoms with Crippen LogP contribution in [-0.4, -0.2) is 41.3 Å². The number of fused-ring (bicyclic) bond motifs is 1. The molecule has 0 amide bonds. The molecule has 3 rings (SSSR count). The van der Waals surface area contributed by atoms with Gasteiger partial charge in [0.15, 0.2) is 0 Å². The number of rotatable bonds is 3. The second kappa shape index (κ2) is 5.28. The summed E-state index contributed by atoms with van der Waals surface area (Å²) in [5.41, 5.74) is 1.20.